The Balaban J connectivity index is 0.00000147. The van der Waals surface area contributed by atoms with Crippen molar-refractivity contribution >= 4 is 94.6 Å². The fraction of sp³-hybridized carbons (Fsp3) is 0. The van der Waals surface area contributed by atoms with Crippen LogP contribution >= 0.6 is 11.6 Å². The second-order valence-electron chi connectivity index (χ2n) is 4.27. The standard InChI is InChI=1S/C14H9ClO3S.K/c15-13-6-5-11-7-9-3-1-2-4-10(9)8-12(11)14(13)19(16,17)18;/h1-8H,(H,16,17,18);. The largest absolute Gasteiger partial charge is 0.296 e. The van der Waals surface area contributed by atoms with Crippen molar-refractivity contribution in [1.29, 1.82) is 0 Å². The van der Waals surface area contributed by atoms with Crippen molar-refractivity contribution in [3.05, 3.63) is 53.6 Å². The third kappa shape index (κ3) is 2.96. The molecule has 3 nitrogen and oxygen atoms in total. The number of rotatable bonds is 1. The van der Waals surface area contributed by atoms with E-state index in [1.807, 2.05) is 30.3 Å². The molecule has 3 aromatic rings. The molecule has 97 valence electrons. The number of benzene rings is 3. The summed E-state index contributed by atoms with van der Waals surface area (Å²) in [6.07, 6.45) is 0. The van der Waals surface area contributed by atoms with Gasteiger partial charge in [0.05, 0.1) is 5.02 Å². The van der Waals surface area contributed by atoms with Crippen LogP contribution in [0.4, 0.5) is 0 Å². The van der Waals surface area contributed by atoms with Crippen LogP contribution in [0.25, 0.3) is 21.5 Å². The van der Waals surface area contributed by atoms with E-state index in [0.717, 1.165) is 16.2 Å². The molecule has 3 aromatic carbocycles. The van der Waals surface area contributed by atoms with E-state index in [1.165, 1.54) is 6.07 Å². The van der Waals surface area contributed by atoms with Crippen LogP contribution in [0.1, 0.15) is 0 Å². The van der Waals surface area contributed by atoms with Crippen molar-refractivity contribution < 1.29 is 13.0 Å². The number of halogens is 1. The van der Waals surface area contributed by atoms with Crippen molar-refractivity contribution in [2.75, 3.05) is 0 Å². The number of hydrogen-bond donors (Lipinski definition) is 1. The van der Waals surface area contributed by atoms with E-state index in [1.54, 1.807) is 12.1 Å². The maximum atomic E-state index is 11.5. The first-order chi connectivity index (χ1) is 8.97. The van der Waals surface area contributed by atoms with Crippen LogP contribution in [0.5, 0.6) is 0 Å². The Labute approximate surface area is 164 Å². The van der Waals surface area contributed by atoms with Gasteiger partial charge in [-0.1, -0.05) is 41.9 Å². The van der Waals surface area contributed by atoms with E-state index in [4.69, 9.17) is 11.6 Å². The summed E-state index contributed by atoms with van der Waals surface area (Å²) < 4.78 is 32.3. The molecule has 0 bridgehead atoms. The quantitative estimate of drug-likeness (QED) is 0.422. The smallest absolute Gasteiger partial charge is 0.282 e. The topological polar surface area (TPSA) is 54.4 Å². The molecule has 1 radical (unpaired) electrons. The Morgan fingerprint density at radius 2 is 1.50 bits per heavy atom. The van der Waals surface area contributed by atoms with Gasteiger partial charge in [0, 0.05) is 56.8 Å². The van der Waals surface area contributed by atoms with E-state index in [9.17, 15) is 13.0 Å². The molecule has 0 unspecified atom stereocenters. The molecule has 0 saturated heterocycles. The summed E-state index contributed by atoms with van der Waals surface area (Å²) in [6, 6.07) is 14.4. The monoisotopic (exact) mass is 331 g/mol. The second-order valence-corrected chi connectivity index (χ2v) is 6.04. The Bertz CT molecular complexity index is 907. The maximum Gasteiger partial charge on any atom is 0.296 e. The fourth-order valence-electron chi connectivity index (χ4n) is 2.22. The summed E-state index contributed by atoms with van der Waals surface area (Å²) in [4.78, 5) is -0.239. The third-order valence-corrected chi connectivity index (χ3v) is 4.43. The molecule has 6 heteroatoms. The molecule has 20 heavy (non-hydrogen) atoms. The summed E-state index contributed by atoms with van der Waals surface area (Å²) in [7, 11) is -4.36. The molecular formula is C14H9ClKO3S. The Morgan fingerprint density at radius 3 is 2.10 bits per heavy atom. The zero-order chi connectivity index (χ0) is 13.6. The van der Waals surface area contributed by atoms with Crippen LogP contribution in [0.15, 0.2) is 53.4 Å². The van der Waals surface area contributed by atoms with Crippen LogP contribution in [-0.2, 0) is 10.1 Å². The SMILES string of the molecule is O=S(=O)(O)c1c(Cl)ccc2cc3ccccc3cc12.[K]. The Hall–Kier alpha value is 0.0164. The molecule has 0 aliphatic heterocycles. The minimum Gasteiger partial charge on any atom is -0.282 e. The molecule has 0 spiro atoms. The molecule has 0 aliphatic rings. The third-order valence-electron chi connectivity index (χ3n) is 3.05. The van der Waals surface area contributed by atoms with Gasteiger partial charge in [0.15, 0.2) is 0 Å². The van der Waals surface area contributed by atoms with Gasteiger partial charge in [0.1, 0.15) is 4.90 Å². The van der Waals surface area contributed by atoms with Crippen molar-refractivity contribution in [2.45, 2.75) is 4.90 Å². The minimum absolute atomic E-state index is 0. The zero-order valence-corrected chi connectivity index (χ0v) is 15.4. The molecular weight excluding hydrogens is 323 g/mol. The van der Waals surface area contributed by atoms with E-state index in [0.29, 0.717) is 5.39 Å². The van der Waals surface area contributed by atoms with Crippen LogP contribution in [0.3, 0.4) is 0 Å². The van der Waals surface area contributed by atoms with Gasteiger partial charge in [0.25, 0.3) is 10.1 Å². The maximum absolute atomic E-state index is 11.5. The van der Waals surface area contributed by atoms with Gasteiger partial charge in [-0.15, -0.1) is 0 Å². The Kier molecular flexibility index (Phi) is 4.93. The summed E-state index contributed by atoms with van der Waals surface area (Å²) in [6.45, 7) is 0. The van der Waals surface area contributed by atoms with E-state index in [2.05, 4.69) is 0 Å². The molecule has 0 saturated carbocycles. The van der Waals surface area contributed by atoms with Crippen molar-refractivity contribution in [3.8, 4) is 0 Å². The molecule has 0 aromatic heterocycles. The van der Waals surface area contributed by atoms with Gasteiger partial charge in [-0.3, -0.25) is 4.55 Å². The summed E-state index contributed by atoms with van der Waals surface area (Å²) in [5.41, 5.74) is 0. The van der Waals surface area contributed by atoms with Gasteiger partial charge in [-0.05, 0) is 34.4 Å². The average molecular weight is 332 g/mol. The molecule has 3 rings (SSSR count). The first-order valence-electron chi connectivity index (χ1n) is 5.55. The molecule has 0 aliphatic carbocycles. The van der Waals surface area contributed by atoms with Crippen LogP contribution in [0, 0.1) is 0 Å². The average Bonchev–Trinajstić information content (AvgIpc) is 2.34. The van der Waals surface area contributed by atoms with Gasteiger partial charge in [-0.2, -0.15) is 8.42 Å². The molecule has 0 atom stereocenters. The zero-order valence-electron chi connectivity index (χ0n) is 10.7. The van der Waals surface area contributed by atoms with Gasteiger partial charge in [-0.25, -0.2) is 0 Å². The van der Waals surface area contributed by atoms with Crippen molar-refractivity contribution in [2.24, 2.45) is 0 Å². The minimum atomic E-state index is -4.36. The van der Waals surface area contributed by atoms with Gasteiger partial charge >= 0.3 is 0 Å². The van der Waals surface area contributed by atoms with Crippen LogP contribution in [-0.4, -0.2) is 64.4 Å². The fourth-order valence-corrected chi connectivity index (χ4v) is 3.45. The Morgan fingerprint density at radius 1 is 0.900 bits per heavy atom. The van der Waals surface area contributed by atoms with Gasteiger partial charge < -0.3 is 0 Å². The van der Waals surface area contributed by atoms with Crippen molar-refractivity contribution in [1.82, 2.24) is 0 Å². The summed E-state index contributed by atoms with van der Waals surface area (Å²) in [5, 5.41) is 3.05. The first kappa shape index (κ1) is 16.4. The summed E-state index contributed by atoms with van der Waals surface area (Å²) in [5.74, 6) is 0. The molecule has 0 fully saturated rings. The van der Waals surface area contributed by atoms with E-state index >= 15 is 0 Å². The number of hydrogen-bond acceptors (Lipinski definition) is 2. The van der Waals surface area contributed by atoms with Crippen molar-refractivity contribution in [3.63, 3.8) is 0 Å². The van der Waals surface area contributed by atoms with E-state index in [-0.39, 0.29) is 61.3 Å². The first-order valence-corrected chi connectivity index (χ1v) is 7.37. The van der Waals surface area contributed by atoms with Gasteiger partial charge in [0.2, 0.25) is 0 Å². The van der Waals surface area contributed by atoms with E-state index < -0.39 is 10.1 Å². The predicted molar refractivity (Wildman–Crippen MR) is 82.0 cm³/mol. The summed E-state index contributed by atoms with van der Waals surface area (Å²) >= 11 is 5.90. The molecule has 0 heterocycles. The predicted octanol–water partition coefficient (Wildman–Crippen LogP) is 3.51. The van der Waals surface area contributed by atoms with Crippen LogP contribution < -0.4 is 0 Å². The normalized spacial score (nSPS) is 11.5. The second kappa shape index (κ2) is 6.02. The molecule has 0 amide bonds. The van der Waals surface area contributed by atoms with Crippen LogP contribution in [0.2, 0.25) is 5.02 Å². The number of fused-ring (bicyclic) bond motifs is 2. The molecule has 1 N–H and O–H groups in total.